The van der Waals surface area contributed by atoms with Gasteiger partial charge in [0.2, 0.25) is 0 Å². The molecule has 1 heterocycles. The van der Waals surface area contributed by atoms with Crippen LogP contribution >= 0.6 is 0 Å². The molecule has 5 heteroatoms. The Labute approximate surface area is 116 Å². The van der Waals surface area contributed by atoms with Crippen molar-refractivity contribution in [3.05, 3.63) is 11.9 Å². The third-order valence-electron chi connectivity index (χ3n) is 3.20. The minimum atomic E-state index is 0.434. The van der Waals surface area contributed by atoms with Crippen LogP contribution in [-0.4, -0.2) is 36.7 Å². The molecule has 108 valence electrons. The topological polar surface area (TPSA) is 50.3 Å². The van der Waals surface area contributed by atoms with E-state index in [1.807, 2.05) is 6.07 Å². The van der Waals surface area contributed by atoms with Crippen molar-refractivity contribution in [1.29, 1.82) is 0 Å². The lowest BCUT2D eigenvalue weighted by molar-refractivity contribution is 0.178. The summed E-state index contributed by atoms with van der Waals surface area (Å²) in [5.74, 6) is 2.53. The molecule has 5 nitrogen and oxygen atoms in total. The van der Waals surface area contributed by atoms with E-state index in [0.29, 0.717) is 18.5 Å². The Morgan fingerprint density at radius 2 is 2.11 bits per heavy atom. The molecule has 0 aliphatic rings. The quantitative estimate of drug-likeness (QED) is 0.784. The number of nitrogens with zero attached hydrogens (tertiary/aromatic N) is 3. The van der Waals surface area contributed by atoms with Crippen LogP contribution in [0.3, 0.4) is 0 Å². The maximum atomic E-state index is 5.14. The second kappa shape index (κ2) is 7.94. The van der Waals surface area contributed by atoms with Crippen LogP contribution in [0, 0.1) is 0 Å². The first-order valence-electron chi connectivity index (χ1n) is 6.95. The molecule has 0 saturated heterocycles. The van der Waals surface area contributed by atoms with Gasteiger partial charge in [0.1, 0.15) is 18.2 Å². The summed E-state index contributed by atoms with van der Waals surface area (Å²) in [4.78, 5) is 11.2. The summed E-state index contributed by atoms with van der Waals surface area (Å²) in [6.45, 7) is 7.85. The zero-order valence-electron chi connectivity index (χ0n) is 12.7. The summed E-state index contributed by atoms with van der Waals surface area (Å²) in [5, 5.41) is 3.31. The van der Waals surface area contributed by atoms with Crippen molar-refractivity contribution in [2.75, 3.05) is 30.9 Å². The fourth-order valence-electron chi connectivity index (χ4n) is 1.70. The van der Waals surface area contributed by atoms with Gasteiger partial charge in [-0.05, 0) is 19.8 Å². The predicted octanol–water partition coefficient (Wildman–Crippen LogP) is 2.68. The summed E-state index contributed by atoms with van der Waals surface area (Å²) < 4.78 is 5.14. The van der Waals surface area contributed by atoms with Crippen LogP contribution in [0.2, 0.25) is 0 Å². The second-order valence-corrected chi connectivity index (χ2v) is 4.76. The highest BCUT2D eigenvalue weighted by molar-refractivity contribution is 5.49. The van der Waals surface area contributed by atoms with E-state index < -0.39 is 0 Å². The number of aromatic nitrogens is 2. The molecule has 1 unspecified atom stereocenters. The lowest BCUT2D eigenvalue weighted by Gasteiger charge is -2.25. The molecule has 1 atom stereocenters. The number of methoxy groups -OCH3 is 1. The molecule has 0 aliphatic carbocycles. The Bertz CT molecular complexity index is 384. The monoisotopic (exact) mass is 266 g/mol. The lowest BCUT2D eigenvalue weighted by Crippen LogP contribution is -2.29. The fourth-order valence-corrected chi connectivity index (χ4v) is 1.70. The predicted molar refractivity (Wildman–Crippen MR) is 79.7 cm³/mol. The summed E-state index contributed by atoms with van der Waals surface area (Å²) in [7, 11) is 3.73. The molecular formula is C14H26N4O. The van der Waals surface area contributed by atoms with Gasteiger partial charge in [0.15, 0.2) is 5.82 Å². The SMILES string of the molecule is CCCNc1cc(N(C)C(C)CC)nc(COC)n1. The molecule has 0 radical (unpaired) electrons. The maximum absolute atomic E-state index is 5.14. The Morgan fingerprint density at radius 3 is 2.68 bits per heavy atom. The Balaban J connectivity index is 2.97. The standard InChI is InChI=1S/C14H26N4O/c1-6-8-15-12-9-14(18(4)11(3)7-2)17-13(16-12)10-19-5/h9,11H,6-8,10H2,1-5H3,(H,15,16,17). The highest BCUT2D eigenvalue weighted by Gasteiger charge is 2.12. The number of anilines is 2. The van der Waals surface area contributed by atoms with Crippen LogP contribution in [0.15, 0.2) is 6.07 Å². The minimum Gasteiger partial charge on any atom is -0.377 e. The van der Waals surface area contributed by atoms with E-state index >= 15 is 0 Å². The summed E-state index contributed by atoms with van der Waals surface area (Å²) in [5.41, 5.74) is 0. The largest absolute Gasteiger partial charge is 0.377 e. The number of rotatable bonds is 8. The normalized spacial score (nSPS) is 12.3. The molecule has 1 N–H and O–H groups in total. The van der Waals surface area contributed by atoms with Crippen LogP contribution in [0.5, 0.6) is 0 Å². The number of hydrogen-bond donors (Lipinski definition) is 1. The molecule has 0 bridgehead atoms. The third-order valence-corrected chi connectivity index (χ3v) is 3.20. The van der Waals surface area contributed by atoms with Gasteiger partial charge in [-0.2, -0.15) is 0 Å². The Kier molecular flexibility index (Phi) is 6.56. The van der Waals surface area contributed by atoms with Crippen LogP contribution < -0.4 is 10.2 Å². The van der Waals surface area contributed by atoms with Crippen molar-refractivity contribution >= 4 is 11.6 Å². The first-order valence-corrected chi connectivity index (χ1v) is 6.95. The molecule has 1 rings (SSSR count). The smallest absolute Gasteiger partial charge is 0.158 e. The first-order chi connectivity index (χ1) is 9.12. The van der Waals surface area contributed by atoms with Gasteiger partial charge >= 0.3 is 0 Å². The molecule has 0 aromatic carbocycles. The van der Waals surface area contributed by atoms with Crippen LogP contribution in [-0.2, 0) is 11.3 Å². The average Bonchev–Trinajstić information content (AvgIpc) is 2.43. The van der Waals surface area contributed by atoms with Crippen molar-refractivity contribution in [3.63, 3.8) is 0 Å². The van der Waals surface area contributed by atoms with E-state index in [9.17, 15) is 0 Å². The second-order valence-electron chi connectivity index (χ2n) is 4.76. The van der Waals surface area contributed by atoms with Gasteiger partial charge in [0.25, 0.3) is 0 Å². The van der Waals surface area contributed by atoms with Crippen LogP contribution in [0.25, 0.3) is 0 Å². The molecule has 0 aliphatic heterocycles. The van der Waals surface area contributed by atoms with Crippen molar-refractivity contribution in [3.8, 4) is 0 Å². The average molecular weight is 266 g/mol. The number of ether oxygens (including phenoxy) is 1. The van der Waals surface area contributed by atoms with Gasteiger partial charge in [0, 0.05) is 32.8 Å². The third kappa shape index (κ3) is 4.67. The van der Waals surface area contributed by atoms with Gasteiger partial charge in [-0.25, -0.2) is 9.97 Å². The summed E-state index contributed by atoms with van der Waals surface area (Å²) in [6, 6.07) is 2.45. The van der Waals surface area contributed by atoms with Gasteiger partial charge in [-0.1, -0.05) is 13.8 Å². The zero-order chi connectivity index (χ0) is 14.3. The lowest BCUT2D eigenvalue weighted by atomic mass is 10.2. The van der Waals surface area contributed by atoms with E-state index in [1.54, 1.807) is 7.11 Å². The first kappa shape index (κ1) is 15.7. The molecule has 1 aromatic heterocycles. The van der Waals surface area contributed by atoms with E-state index in [-0.39, 0.29) is 0 Å². The maximum Gasteiger partial charge on any atom is 0.158 e. The number of hydrogen-bond acceptors (Lipinski definition) is 5. The summed E-state index contributed by atoms with van der Waals surface area (Å²) >= 11 is 0. The van der Waals surface area contributed by atoms with E-state index in [2.05, 4.69) is 48.0 Å². The molecule has 0 spiro atoms. The van der Waals surface area contributed by atoms with Gasteiger partial charge in [-0.3, -0.25) is 0 Å². The molecule has 1 aromatic rings. The highest BCUT2D eigenvalue weighted by atomic mass is 16.5. The minimum absolute atomic E-state index is 0.434. The van der Waals surface area contributed by atoms with E-state index in [1.165, 1.54) is 0 Å². The molecule has 0 fully saturated rings. The van der Waals surface area contributed by atoms with E-state index in [0.717, 1.165) is 31.0 Å². The molecule has 0 amide bonds. The molecule has 19 heavy (non-hydrogen) atoms. The van der Waals surface area contributed by atoms with Gasteiger partial charge in [-0.15, -0.1) is 0 Å². The summed E-state index contributed by atoms with van der Waals surface area (Å²) in [6.07, 6.45) is 2.15. The van der Waals surface area contributed by atoms with Crippen molar-refractivity contribution in [1.82, 2.24) is 9.97 Å². The van der Waals surface area contributed by atoms with Crippen LogP contribution in [0.4, 0.5) is 11.6 Å². The van der Waals surface area contributed by atoms with Crippen molar-refractivity contribution < 1.29 is 4.74 Å². The van der Waals surface area contributed by atoms with Crippen LogP contribution in [0.1, 0.15) is 39.4 Å². The molecule has 0 saturated carbocycles. The van der Waals surface area contributed by atoms with Gasteiger partial charge in [0.05, 0.1) is 0 Å². The van der Waals surface area contributed by atoms with E-state index in [4.69, 9.17) is 4.74 Å². The van der Waals surface area contributed by atoms with Crippen molar-refractivity contribution in [2.24, 2.45) is 0 Å². The van der Waals surface area contributed by atoms with Gasteiger partial charge < -0.3 is 15.0 Å². The highest BCUT2D eigenvalue weighted by Crippen LogP contribution is 2.18. The van der Waals surface area contributed by atoms with Crippen molar-refractivity contribution in [2.45, 2.75) is 46.3 Å². The Morgan fingerprint density at radius 1 is 1.37 bits per heavy atom. The number of nitrogens with one attached hydrogen (secondary N) is 1. The Hall–Kier alpha value is -1.36. The molecular weight excluding hydrogens is 240 g/mol. The fraction of sp³-hybridized carbons (Fsp3) is 0.714. The zero-order valence-corrected chi connectivity index (χ0v) is 12.7.